The van der Waals surface area contributed by atoms with E-state index in [1.165, 1.54) is 12.1 Å². The monoisotopic (exact) mass is 383 g/mol. The number of carbonyl (C=O) groups is 2. The standard InChI is InChI=1S/C19H29NO7/c1-4-5-6-9-25-19(24)27-13(3)12(2)26-18(23)15(20)10-14-7-8-16(21)17(22)11-14/h7-8,11-13,15,21-22H,4-6,9-10,20H2,1-3H3/t12-,13?,15-/m0/s1. The van der Waals surface area contributed by atoms with Crippen LogP contribution in [0.15, 0.2) is 18.2 Å². The summed E-state index contributed by atoms with van der Waals surface area (Å²) < 4.78 is 15.3. The van der Waals surface area contributed by atoms with Gasteiger partial charge in [0.2, 0.25) is 0 Å². The number of aromatic hydroxyl groups is 2. The molecule has 3 atom stereocenters. The first-order valence-electron chi connectivity index (χ1n) is 9.04. The van der Waals surface area contributed by atoms with Crippen molar-refractivity contribution in [3.63, 3.8) is 0 Å². The summed E-state index contributed by atoms with van der Waals surface area (Å²) in [5, 5.41) is 18.8. The highest BCUT2D eigenvalue weighted by Gasteiger charge is 2.24. The van der Waals surface area contributed by atoms with Gasteiger partial charge in [-0.3, -0.25) is 4.79 Å². The van der Waals surface area contributed by atoms with Crippen LogP contribution < -0.4 is 5.73 Å². The van der Waals surface area contributed by atoms with Crippen molar-refractivity contribution in [2.45, 2.75) is 64.7 Å². The maximum atomic E-state index is 12.1. The Morgan fingerprint density at radius 1 is 1.07 bits per heavy atom. The number of esters is 1. The summed E-state index contributed by atoms with van der Waals surface area (Å²) in [6, 6.07) is 3.22. The normalized spacial score (nSPS) is 14.1. The molecule has 0 aliphatic heterocycles. The Morgan fingerprint density at radius 2 is 1.74 bits per heavy atom. The molecule has 152 valence electrons. The number of carbonyl (C=O) groups excluding carboxylic acids is 2. The largest absolute Gasteiger partial charge is 0.508 e. The van der Waals surface area contributed by atoms with E-state index < -0.39 is 30.4 Å². The molecule has 0 aliphatic carbocycles. The van der Waals surface area contributed by atoms with Crippen LogP contribution in [0.5, 0.6) is 11.5 Å². The minimum absolute atomic E-state index is 0.119. The number of rotatable bonds is 10. The average molecular weight is 383 g/mol. The number of hydrogen-bond acceptors (Lipinski definition) is 8. The van der Waals surface area contributed by atoms with E-state index in [0.29, 0.717) is 5.56 Å². The fourth-order valence-electron chi connectivity index (χ4n) is 2.19. The Kier molecular flexibility index (Phi) is 9.42. The van der Waals surface area contributed by atoms with Gasteiger partial charge in [0.25, 0.3) is 0 Å². The van der Waals surface area contributed by atoms with Gasteiger partial charge in [-0.05, 0) is 44.4 Å². The highest BCUT2D eigenvalue weighted by atomic mass is 16.7. The molecule has 0 saturated carbocycles. The summed E-state index contributed by atoms with van der Waals surface area (Å²) in [4.78, 5) is 23.7. The smallest absolute Gasteiger partial charge is 0.504 e. The molecule has 0 fully saturated rings. The lowest BCUT2D eigenvalue weighted by Gasteiger charge is -2.22. The highest BCUT2D eigenvalue weighted by Crippen LogP contribution is 2.25. The van der Waals surface area contributed by atoms with Crippen LogP contribution in [0.2, 0.25) is 0 Å². The second-order valence-corrected chi connectivity index (χ2v) is 6.40. The van der Waals surface area contributed by atoms with Crippen molar-refractivity contribution in [3.05, 3.63) is 23.8 Å². The number of phenolic OH excluding ortho intramolecular Hbond substituents is 2. The molecule has 1 unspecified atom stereocenters. The van der Waals surface area contributed by atoms with Gasteiger partial charge in [-0.15, -0.1) is 0 Å². The van der Waals surface area contributed by atoms with Crippen molar-refractivity contribution in [3.8, 4) is 11.5 Å². The van der Waals surface area contributed by atoms with Gasteiger partial charge in [0, 0.05) is 0 Å². The van der Waals surface area contributed by atoms with Crippen LogP contribution in [0.4, 0.5) is 4.79 Å². The highest BCUT2D eigenvalue weighted by molar-refractivity contribution is 5.76. The Hall–Kier alpha value is -2.48. The van der Waals surface area contributed by atoms with Gasteiger partial charge < -0.3 is 30.2 Å². The molecule has 1 aromatic carbocycles. The van der Waals surface area contributed by atoms with E-state index in [4.69, 9.17) is 19.9 Å². The molecule has 0 spiro atoms. The maximum Gasteiger partial charge on any atom is 0.508 e. The lowest BCUT2D eigenvalue weighted by atomic mass is 10.1. The molecule has 0 amide bonds. The number of hydrogen-bond donors (Lipinski definition) is 3. The van der Waals surface area contributed by atoms with E-state index in [0.717, 1.165) is 19.3 Å². The summed E-state index contributed by atoms with van der Waals surface area (Å²) in [5.74, 6) is -1.21. The van der Waals surface area contributed by atoms with Gasteiger partial charge in [0.05, 0.1) is 6.61 Å². The first-order valence-corrected chi connectivity index (χ1v) is 9.04. The molecule has 0 bridgehead atoms. The summed E-state index contributed by atoms with van der Waals surface area (Å²) in [5.41, 5.74) is 6.40. The van der Waals surface area contributed by atoms with Crippen molar-refractivity contribution in [2.75, 3.05) is 6.61 Å². The van der Waals surface area contributed by atoms with E-state index in [1.807, 2.05) is 6.92 Å². The van der Waals surface area contributed by atoms with Crippen LogP contribution in [0.25, 0.3) is 0 Å². The van der Waals surface area contributed by atoms with Gasteiger partial charge in [-0.25, -0.2) is 4.79 Å². The SMILES string of the molecule is CCCCCOC(=O)OC(C)[C@H](C)OC(=O)[C@@H](N)Cc1ccc(O)c(O)c1. The second-order valence-electron chi connectivity index (χ2n) is 6.40. The number of nitrogens with two attached hydrogens (primary N) is 1. The van der Waals surface area contributed by atoms with Crippen molar-refractivity contribution in [1.29, 1.82) is 0 Å². The molecule has 0 heterocycles. The van der Waals surface area contributed by atoms with E-state index in [2.05, 4.69) is 0 Å². The number of phenols is 2. The van der Waals surface area contributed by atoms with Crippen LogP contribution >= 0.6 is 0 Å². The number of benzene rings is 1. The van der Waals surface area contributed by atoms with E-state index >= 15 is 0 Å². The molecule has 8 nitrogen and oxygen atoms in total. The van der Waals surface area contributed by atoms with Crippen LogP contribution in [-0.4, -0.2) is 47.2 Å². The van der Waals surface area contributed by atoms with Gasteiger partial charge in [0.1, 0.15) is 18.2 Å². The van der Waals surface area contributed by atoms with Crippen LogP contribution in [0, 0.1) is 0 Å². The first-order chi connectivity index (χ1) is 12.7. The Labute approximate surface area is 159 Å². The van der Waals surface area contributed by atoms with Gasteiger partial charge in [0.15, 0.2) is 11.5 Å². The number of ether oxygens (including phenoxy) is 3. The molecular formula is C19H29NO7. The third-order valence-electron chi connectivity index (χ3n) is 4.01. The number of unbranched alkanes of at least 4 members (excludes halogenated alkanes) is 2. The maximum absolute atomic E-state index is 12.1. The average Bonchev–Trinajstić information content (AvgIpc) is 2.61. The Balaban J connectivity index is 2.42. The predicted molar refractivity (Wildman–Crippen MR) is 98.4 cm³/mol. The molecule has 0 radical (unpaired) electrons. The first kappa shape index (κ1) is 22.6. The van der Waals surface area contributed by atoms with Gasteiger partial charge in [-0.1, -0.05) is 25.8 Å². The minimum atomic E-state index is -0.968. The minimum Gasteiger partial charge on any atom is -0.504 e. The predicted octanol–water partition coefficient (Wildman–Crippen LogP) is 2.63. The molecule has 27 heavy (non-hydrogen) atoms. The topological polar surface area (TPSA) is 128 Å². The van der Waals surface area contributed by atoms with Crippen molar-refractivity contribution in [2.24, 2.45) is 5.73 Å². The molecule has 0 saturated heterocycles. The van der Waals surface area contributed by atoms with Gasteiger partial charge in [-0.2, -0.15) is 0 Å². The third-order valence-corrected chi connectivity index (χ3v) is 4.01. The second kappa shape index (κ2) is 11.3. The van der Waals surface area contributed by atoms with Crippen molar-refractivity contribution >= 4 is 12.1 Å². The Bertz CT molecular complexity index is 620. The zero-order valence-electron chi connectivity index (χ0n) is 16.0. The van der Waals surface area contributed by atoms with E-state index in [9.17, 15) is 19.8 Å². The zero-order valence-corrected chi connectivity index (χ0v) is 16.0. The van der Waals surface area contributed by atoms with E-state index in [1.54, 1.807) is 19.9 Å². The molecular weight excluding hydrogens is 354 g/mol. The fourth-order valence-corrected chi connectivity index (χ4v) is 2.19. The summed E-state index contributed by atoms with van der Waals surface area (Å²) in [6.07, 6.45) is 0.669. The summed E-state index contributed by atoms with van der Waals surface area (Å²) >= 11 is 0. The lowest BCUT2D eigenvalue weighted by molar-refractivity contribution is -0.155. The molecule has 1 rings (SSSR count). The fraction of sp³-hybridized carbons (Fsp3) is 0.579. The molecule has 8 heteroatoms. The Morgan fingerprint density at radius 3 is 2.37 bits per heavy atom. The quantitative estimate of drug-likeness (QED) is 0.319. The van der Waals surface area contributed by atoms with Gasteiger partial charge >= 0.3 is 12.1 Å². The van der Waals surface area contributed by atoms with Crippen LogP contribution in [-0.2, 0) is 25.4 Å². The van der Waals surface area contributed by atoms with Crippen LogP contribution in [0.1, 0.15) is 45.6 Å². The van der Waals surface area contributed by atoms with E-state index in [-0.39, 0.29) is 24.5 Å². The zero-order chi connectivity index (χ0) is 20.4. The molecule has 0 aromatic heterocycles. The third kappa shape index (κ3) is 8.17. The lowest BCUT2D eigenvalue weighted by Crippen LogP contribution is -2.39. The summed E-state index contributed by atoms with van der Waals surface area (Å²) in [6.45, 7) is 5.52. The van der Waals surface area contributed by atoms with Crippen LogP contribution in [0.3, 0.4) is 0 Å². The molecule has 0 aliphatic rings. The van der Waals surface area contributed by atoms with Crippen molar-refractivity contribution in [1.82, 2.24) is 0 Å². The van der Waals surface area contributed by atoms with Crippen molar-refractivity contribution < 1.29 is 34.0 Å². The molecule has 1 aromatic rings. The molecule has 4 N–H and O–H groups in total. The summed E-state index contributed by atoms with van der Waals surface area (Å²) in [7, 11) is 0.